The normalized spacial score (nSPS) is 11.4. The molecule has 4 heteroatoms. The van der Waals surface area contributed by atoms with Crippen molar-refractivity contribution in [1.29, 1.82) is 0 Å². The van der Waals surface area contributed by atoms with Gasteiger partial charge in [-0.25, -0.2) is 0 Å². The van der Waals surface area contributed by atoms with Crippen LogP contribution in [0.2, 0.25) is 0 Å². The topological polar surface area (TPSA) is 58.6 Å². The number of methoxy groups -OCH3 is 1. The minimum absolute atomic E-state index is 0.0453. The molecular formula is C9H19NO3. The van der Waals surface area contributed by atoms with Crippen molar-refractivity contribution in [3.63, 3.8) is 0 Å². The van der Waals surface area contributed by atoms with Gasteiger partial charge in [0.25, 0.3) is 0 Å². The molecule has 0 heterocycles. The first-order chi connectivity index (χ1) is 6.02. The summed E-state index contributed by atoms with van der Waals surface area (Å²) in [7, 11) is 1.61. The number of carbonyl (C=O) groups is 1. The number of hydrogen-bond acceptors (Lipinski definition) is 3. The Bertz CT molecular complexity index is 157. The zero-order valence-corrected chi connectivity index (χ0v) is 8.59. The van der Waals surface area contributed by atoms with E-state index in [-0.39, 0.29) is 12.5 Å². The lowest BCUT2D eigenvalue weighted by molar-refractivity contribution is -0.123. The number of nitrogens with one attached hydrogen (secondary N) is 1. The average molecular weight is 189 g/mol. The summed E-state index contributed by atoms with van der Waals surface area (Å²) >= 11 is 0. The van der Waals surface area contributed by atoms with E-state index in [9.17, 15) is 4.79 Å². The van der Waals surface area contributed by atoms with Gasteiger partial charge in [-0.3, -0.25) is 4.79 Å². The van der Waals surface area contributed by atoms with Gasteiger partial charge in [0.2, 0.25) is 5.91 Å². The molecule has 0 bridgehead atoms. The quantitative estimate of drug-likeness (QED) is 0.591. The Kier molecular flexibility index (Phi) is 5.66. The summed E-state index contributed by atoms with van der Waals surface area (Å²) in [5.41, 5.74) is -0.524. The van der Waals surface area contributed by atoms with Crippen molar-refractivity contribution in [3.8, 4) is 0 Å². The molecule has 0 spiro atoms. The average Bonchev–Trinajstić information content (AvgIpc) is 2.04. The molecule has 0 aliphatic rings. The highest BCUT2D eigenvalue weighted by Gasteiger charge is 2.18. The smallest absolute Gasteiger partial charge is 0.220 e. The van der Waals surface area contributed by atoms with Crippen molar-refractivity contribution in [2.45, 2.75) is 32.2 Å². The fourth-order valence-corrected chi connectivity index (χ4v) is 0.857. The van der Waals surface area contributed by atoms with Crippen molar-refractivity contribution in [2.75, 3.05) is 20.3 Å². The second-order valence-corrected chi connectivity index (χ2v) is 3.69. The van der Waals surface area contributed by atoms with Crippen LogP contribution in [-0.2, 0) is 9.53 Å². The van der Waals surface area contributed by atoms with E-state index in [1.807, 2.05) is 0 Å². The minimum Gasteiger partial charge on any atom is -0.394 e. The van der Waals surface area contributed by atoms with Crippen LogP contribution in [0.25, 0.3) is 0 Å². The van der Waals surface area contributed by atoms with Gasteiger partial charge in [-0.1, -0.05) is 0 Å². The van der Waals surface area contributed by atoms with Gasteiger partial charge in [0.05, 0.1) is 12.1 Å². The summed E-state index contributed by atoms with van der Waals surface area (Å²) in [6, 6.07) is 0. The summed E-state index contributed by atoms with van der Waals surface area (Å²) in [4.78, 5) is 11.2. The molecule has 0 aliphatic carbocycles. The molecule has 0 fully saturated rings. The predicted molar refractivity (Wildman–Crippen MR) is 50.4 cm³/mol. The van der Waals surface area contributed by atoms with Crippen LogP contribution >= 0.6 is 0 Å². The highest BCUT2D eigenvalue weighted by atomic mass is 16.5. The van der Waals surface area contributed by atoms with Crippen LogP contribution in [0.3, 0.4) is 0 Å². The minimum atomic E-state index is -0.524. The second-order valence-electron chi connectivity index (χ2n) is 3.69. The van der Waals surface area contributed by atoms with Crippen molar-refractivity contribution >= 4 is 5.91 Å². The molecule has 2 N–H and O–H groups in total. The molecule has 0 aliphatic heterocycles. The van der Waals surface area contributed by atoms with E-state index in [1.54, 1.807) is 21.0 Å². The van der Waals surface area contributed by atoms with Crippen LogP contribution in [0.15, 0.2) is 0 Å². The molecular weight excluding hydrogens is 170 g/mol. The Hall–Kier alpha value is -0.610. The Morgan fingerprint density at radius 1 is 1.54 bits per heavy atom. The number of hydrogen-bond donors (Lipinski definition) is 2. The first-order valence-corrected chi connectivity index (χ1v) is 4.42. The monoisotopic (exact) mass is 189 g/mol. The van der Waals surface area contributed by atoms with Crippen LogP contribution in [0, 0.1) is 0 Å². The maximum absolute atomic E-state index is 11.2. The van der Waals surface area contributed by atoms with Crippen LogP contribution in [-0.4, -0.2) is 36.9 Å². The summed E-state index contributed by atoms with van der Waals surface area (Å²) < 4.78 is 4.82. The van der Waals surface area contributed by atoms with E-state index in [2.05, 4.69) is 5.32 Å². The van der Waals surface area contributed by atoms with Crippen molar-refractivity contribution < 1.29 is 14.6 Å². The number of aliphatic hydroxyl groups is 1. The third-order valence-electron chi connectivity index (χ3n) is 1.63. The molecule has 13 heavy (non-hydrogen) atoms. The number of carbonyl (C=O) groups excluding carboxylic acids is 1. The van der Waals surface area contributed by atoms with E-state index in [1.165, 1.54) is 0 Å². The molecule has 1 amide bonds. The SMILES string of the molecule is COCCCC(=O)NC(C)(C)CO. The Morgan fingerprint density at radius 2 is 2.15 bits per heavy atom. The highest BCUT2D eigenvalue weighted by molar-refractivity contribution is 5.76. The summed E-state index contributed by atoms with van der Waals surface area (Å²) in [6.07, 6.45) is 1.15. The Balaban J connectivity index is 3.62. The lowest BCUT2D eigenvalue weighted by atomic mass is 10.1. The summed E-state index contributed by atoms with van der Waals surface area (Å²) in [6.45, 7) is 4.10. The van der Waals surface area contributed by atoms with Gasteiger partial charge in [-0.05, 0) is 20.3 Å². The predicted octanol–water partition coefficient (Wildman–Crippen LogP) is 0.300. The standard InChI is InChI=1S/C9H19NO3/c1-9(2,7-11)10-8(12)5-4-6-13-3/h11H,4-7H2,1-3H3,(H,10,12). The van der Waals surface area contributed by atoms with Crippen LogP contribution in [0.1, 0.15) is 26.7 Å². The largest absolute Gasteiger partial charge is 0.394 e. The fraction of sp³-hybridized carbons (Fsp3) is 0.889. The lowest BCUT2D eigenvalue weighted by Crippen LogP contribution is -2.46. The number of amides is 1. The van der Waals surface area contributed by atoms with Gasteiger partial charge in [0.1, 0.15) is 0 Å². The van der Waals surface area contributed by atoms with Gasteiger partial charge >= 0.3 is 0 Å². The van der Waals surface area contributed by atoms with Crippen molar-refractivity contribution in [3.05, 3.63) is 0 Å². The van der Waals surface area contributed by atoms with Crippen LogP contribution < -0.4 is 5.32 Å². The third kappa shape index (κ3) is 6.54. The maximum Gasteiger partial charge on any atom is 0.220 e. The first-order valence-electron chi connectivity index (χ1n) is 4.42. The molecule has 0 aromatic carbocycles. The molecule has 78 valence electrons. The van der Waals surface area contributed by atoms with E-state index in [0.29, 0.717) is 19.4 Å². The van der Waals surface area contributed by atoms with E-state index < -0.39 is 5.54 Å². The van der Waals surface area contributed by atoms with E-state index in [4.69, 9.17) is 9.84 Å². The van der Waals surface area contributed by atoms with Crippen molar-refractivity contribution in [2.24, 2.45) is 0 Å². The number of aliphatic hydroxyl groups excluding tert-OH is 1. The number of rotatable bonds is 6. The van der Waals surface area contributed by atoms with Crippen LogP contribution in [0.4, 0.5) is 0 Å². The molecule has 0 atom stereocenters. The molecule has 0 radical (unpaired) electrons. The Labute approximate surface area is 79.3 Å². The highest BCUT2D eigenvalue weighted by Crippen LogP contribution is 2.01. The first kappa shape index (κ1) is 12.4. The molecule has 0 aromatic rings. The van der Waals surface area contributed by atoms with Gasteiger partial charge in [-0.2, -0.15) is 0 Å². The van der Waals surface area contributed by atoms with Crippen molar-refractivity contribution in [1.82, 2.24) is 5.32 Å². The fourth-order valence-electron chi connectivity index (χ4n) is 0.857. The van der Waals surface area contributed by atoms with Gasteiger partial charge in [0.15, 0.2) is 0 Å². The molecule has 0 rings (SSSR count). The lowest BCUT2D eigenvalue weighted by Gasteiger charge is -2.23. The summed E-state index contributed by atoms with van der Waals surface area (Å²) in [5.74, 6) is -0.0453. The zero-order chi connectivity index (χ0) is 10.3. The Morgan fingerprint density at radius 3 is 2.62 bits per heavy atom. The number of ether oxygens (including phenoxy) is 1. The third-order valence-corrected chi connectivity index (χ3v) is 1.63. The van der Waals surface area contributed by atoms with E-state index >= 15 is 0 Å². The molecule has 4 nitrogen and oxygen atoms in total. The molecule has 0 saturated carbocycles. The van der Waals surface area contributed by atoms with E-state index in [0.717, 1.165) is 0 Å². The maximum atomic E-state index is 11.2. The van der Waals surface area contributed by atoms with Crippen LogP contribution in [0.5, 0.6) is 0 Å². The molecule has 0 aromatic heterocycles. The molecule has 0 unspecified atom stereocenters. The molecule has 0 saturated heterocycles. The van der Waals surface area contributed by atoms with Gasteiger partial charge in [0, 0.05) is 20.1 Å². The van der Waals surface area contributed by atoms with Gasteiger partial charge in [-0.15, -0.1) is 0 Å². The summed E-state index contributed by atoms with van der Waals surface area (Å²) in [5, 5.41) is 11.6. The zero-order valence-electron chi connectivity index (χ0n) is 8.59. The second kappa shape index (κ2) is 5.94. The van der Waals surface area contributed by atoms with Gasteiger partial charge < -0.3 is 15.2 Å².